The molecule has 5 heteroatoms. The van der Waals surface area contributed by atoms with Gasteiger partial charge in [-0.25, -0.2) is 0 Å². The van der Waals surface area contributed by atoms with E-state index < -0.39 is 4.92 Å². The fourth-order valence-corrected chi connectivity index (χ4v) is 1.26. The molecule has 16 heavy (non-hydrogen) atoms. The van der Waals surface area contributed by atoms with Crippen molar-refractivity contribution in [1.82, 2.24) is 0 Å². The van der Waals surface area contributed by atoms with Gasteiger partial charge in [0.1, 0.15) is 11.3 Å². The molecule has 0 bridgehead atoms. The number of nitrogens with zero attached hydrogens (tertiary/aromatic N) is 1. The number of alkyl halides is 1. The summed E-state index contributed by atoms with van der Waals surface area (Å²) in [6.07, 6.45) is 0.483. The van der Waals surface area contributed by atoms with E-state index in [1.54, 1.807) is 12.1 Å². The van der Waals surface area contributed by atoms with Crippen LogP contribution >= 0.6 is 11.6 Å². The molecule has 0 unspecified atom stereocenters. The largest absolute Gasteiger partial charge is 0.495 e. The molecule has 0 aromatic heterocycles. The Morgan fingerprint density at radius 3 is 2.88 bits per heavy atom. The van der Waals surface area contributed by atoms with Gasteiger partial charge >= 0.3 is 0 Å². The second kappa shape index (κ2) is 5.99. The van der Waals surface area contributed by atoms with Crippen LogP contribution in [-0.4, -0.2) is 17.9 Å². The Kier molecular flexibility index (Phi) is 4.62. The molecule has 1 aromatic carbocycles. The Balaban J connectivity index is 3.21. The van der Waals surface area contributed by atoms with Crippen LogP contribution in [0.2, 0.25) is 0 Å². The third-order valence-electron chi connectivity index (χ3n) is 1.85. The summed E-state index contributed by atoms with van der Waals surface area (Å²) in [4.78, 5) is 10.3. The number of hydrogen-bond acceptors (Lipinski definition) is 3. The maximum absolute atomic E-state index is 10.8. The number of nitro groups is 1. The molecule has 0 radical (unpaired) electrons. The molecule has 0 heterocycles. The Labute approximate surface area is 98.3 Å². The van der Waals surface area contributed by atoms with E-state index in [1.807, 2.05) is 0 Å². The lowest BCUT2D eigenvalue weighted by molar-refractivity contribution is -0.385. The first-order valence-electron chi connectivity index (χ1n) is 4.57. The first-order chi connectivity index (χ1) is 7.70. The van der Waals surface area contributed by atoms with Crippen molar-refractivity contribution >= 4 is 17.3 Å². The molecule has 4 nitrogen and oxygen atoms in total. The molecule has 0 fully saturated rings. The fourth-order valence-electron chi connectivity index (χ4n) is 1.17. The van der Waals surface area contributed by atoms with Gasteiger partial charge in [0, 0.05) is 18.4 Å². The Hall–Kier alpha value is -1.73. The van der Waals surface area contributed by atoms with Crippen LogP contribution in [0, 0.1) is 22.0 Å². The van der Waals surface area contributed by atoms with E-state index in [4.69, 9.17) is 16.3 Å². The van der Waals surface area contributed by atoms with Crippen LogP contribution in [0.1, 0.15) is 12.0 Å². The van der Waals surface area contributed by atoms with Gasteiger partial charge in [0.15, 0.2) is 0 Å². The maximum Gasteiger partial charge on any atom is 0.288 e. The van der Waals surface area contributed by atoms with Crippen LogP contribution in [0.25, 0.3) is 0 Å². The van der Waals surface area contributed by atoms with Crippen LogP contribution < -0.4 is 4.74 Å². The number of rotatable bonds is 3. The van der Waals surface area contributed by atoms with Gasteiger partial charge in [-0.1, -0.05) is 17.9 Å². The Morgan fingerprint density at radius 2 is 2.31 bits per heavy atom. The Bertz CT molecular complexity index is 448. The van der Waals surface area contributed by atoms with E-state index in [1.165, 1.54) is 13.2 Å². The van der Waals surface area contributed by atoms with Crippen molar-refractivity contribution in [3.8, 4) is 17.6 Å². The number of methoxy groups -OCH3 is 1. The van der Waals surface area contributed by atoms with Gasteiger partial charge in [-0.05, 0) is 6.07 Å². The van der Waals surface area contributed by atoms with E-state index in [0.29, 0.717) is 23.6 Å². The van der Waals surface area contributed by atoms with Gasteiger partial charge < -0.3 is 4.74 Å². The van der Waals surface area contributed by atoms with Gasteiger partial charge in [0.2, 0.25) is 0 Å². The molecule has 0 aliphatic heterocycles. The zero-order chi connectivity index (χ0) is 12.0. The first kappa shape index (κ1) is 12.3. The van der Waals surface area contributed by atoms with Crippen molar-refractivity contribution in [2.45, 2.75) is 6.42 Å². The topological polar surface area (TPSA) is 52.4 Å². The Morgan fingerprint density at radius 1 is 1.56 bits per heavy atom. The lowest BCUT2D eigenvalue weighted by Gasteiger charge is -2.02. The van der Waals surface area contributed by atoms with Crippen molar-refractivity contribution in [3.63, 3.8) is 0 Å². The molecule has 0 aliphatic rings. The van der Waals surface area contributed by atoms with Gasteiger partial charge in [0.25, 0.3) is 5.69 Å². The summed E-state index contributed by atoms with van der Waals surface area (Å²) in [5.41, 5.74) is 0.238. The highest BCUT2D eigenvalue weighted by Gasteiger charge is 2.15. The summed E-state index contributed by atoms with van der Waals surface area (Å²) in [6.45, 7) is 0. The summed E-state index contributed by atoms with van der Waals surface area (Å²) in [7, 11) is 1.45. The number of hydrogen-bond donors (Lipinski definition) is 0. The average molecular weight is 240 g/mol. The smallest absolute Gasteiger partial charge is 0.288 e. The third-order valence-corrected chi connectivity index (χ3v) is 2.04. The van der Waals surface area contributed by atoms with Crippen LogP contribution in [-0.2, 0) is 0 Å². The predicted octanol–water partition coefficient (Wildman–Crippen LogP) is 2.58. The molecule has 84 valence electrons. The molecule has 0 amide bonds. The second-order valence-corrected chi connectivity index (χ2v) is 3.23. The van der Waals surface area contributed by atoms with Crippen LogP contribution in [0.4, 0.5) is 5.69 Å². The van der Waals surface area contributed by atoms with Crippen LogP contribution in [0.15, 0.2) is 18.2 Å². The summed E-state index contributed by atoms with van der Waals surface area (Å²) < 4.78 is 5.03. The minimum atomic E-state index is -0.479. The van der Waals surface area contributed by atoms with E-state index in [9.17, 15) is 10.1 Å². The number of benzene rings is 1. The molecule has 1 rings (SSSR count). The molecular formula is C11H10ClNO3. The minimum Gasteiger partial charge on any atom is -0.495 e. The lowest BCUT2D eigenvalue weighted by Crippen LogP contribution is -1.95. The summed E-state index contributed by atoms with van der Waals surface area (Å²) in [5.74, 6) is 6.27. The van der Waals surface area contributed by atoms with Gasteiger partial charge in [-0.2, -0.15) is 0 Å². The molecule has 0 saturated carbocycles. The standard InChI is InChI=1S/C11H10ClNO3/c1-16-11-7-4-6-10(13(14)15)9(11)5-2-3-8-12/h4,6-7H,3,8H2,1H3. The van der Waals surface area contributed by atoms with Crippen molar-refractivity contribution in [1.29, 1.82) is 0 Å². The molecule has 1 aromatic rings. The molecule has 0 spiro atoms. The van der Waals surface area contributed by atoms with Crippen molar-refractivity contribution in [2.75, 3.05) is 13.0 Å². The van der Waals surface area contributed by atoms with Crippen molar-refractivity contribution in [3.05, 3.63) is 33.9 Å². The zero-order valence-electron chi connectivity index (χ0n) is 8.70. The highest BCUT2D eigenvalue weighted by atomic mass is 35.5. The van der Waals surface area contributed by atoms with E-state index in [2.05, 4.69) is 11.8 Å². The number of nitro benzene ring substituents is 1. The predicted molar refractivity (Wildman–Crippen MR) is 61.9 cm³/mol. The van der Waals surface area contributed by atoms with Gasteiger partial charge in [-0.15, -0.1) is 11.6 Å². The monoisotopic (exact) mass is 239 g/mol. The fraction of sp³-hybridized carbons (Fsp3) is 0.273. The van der Waals surface area contributed by atoms with Crippen molar-refractivity contribution in [2.24, 2.45) is 0 Å². The first-order valence-corrected chi connectivity index (χ1v) is 5.10. The highest BCUT2D eigenvalue weighted by molar-refractivity contribution is 6.18. The quantitative estimate of drug-likeness (QED) is 0.353. The second-order valence-electron chi connectivity index (χ2n) is 2.85. The maximum atomic E-state index is 10.8. The molecule has 0 atom stereocenters. The molecule has 0 saturated heterocycles. The number of halogens is 1. The molecule has 0 aliphatic carbocycles. The van der Waals surface area contributed by atoms with E-state index >= 15 is 0 Å². The minimum absolute atomic E-state index is 0.0542. The summed E-state index contributed by atoms with van der Waals surface area (Å²) >= 11 is 5.48. The number of ether oxygens (including phenoxy) is 1. The normalized spacial score (nSPS) is 9.12. The van der Waals surface area contributed by atoms with Crippen LogP contribution in [0.5, 0.6) is 5.75 Å². The lowest BCUT2D eigenvalue weighted by atomic mass is 10.1. The third kappa shape index (κ3) is 2.88. The SMILES string of the molecule is COc1cccc([N+](=O)[O-])c1C#CCCCl. The highest BCUT2D eigenvalue weighted by Crippen LogP contribution is 2.26. The van der Waals surface area contributed by atoms with Gasteiger partial charge in [0.05, 0.1) is 12.0 Å². The summed E-state index contributed by atoms with van der Waals surface area (Å²) in [6, 6.07) is 4.59. The summed E-state index contributed by atoms with van der Waals surface area (Å²) in [5, 5.41) is 10.8. The zero-order valence-corrected chi connectivity index (χ0v) is 9.45. The average Bonchev–Trinajstić information content (AvgIpc) is 2.29. The van der Waals surface area contributed by atoms with E-state index in [-0.39, 0.29) is 5.69 Å². The molecule has 0 N–H and O–H groups in total. The van der Waals surface area contributed by atoms with Crippen molar-refractivity contribution < 1.29 is 9.66 Å². The molecular weight excluding hydrogens is 230 g/mol. The van der Waals surface area contributed by atoms with Gasteiger partial charge in [-0.3, -0.25) is 10.1 Å². The van der Waals surface area contributed by atoms with Crippen LogP contribution in [0.3, 0.4) is 0 Å². The van der Waals surface area contributed by atoms with E-state index in [0.717, 1.165) is 0 Å².